The second-order valence-corrected chi connectivity index (χ2v) is 6.47. The van der Waals surface area contributed by atoms with Crippen LogP contribution in [-0.4, -0.2) is 14.5 Å². The molecule has 0 aliphatic heterocycles. The van der Waals surface area contributed by atoms with Crippen molar-refractivity contribution in [2.24, 2.45) is 0 Å². The Bertz CT molecular complexity index is 739. The topological polar surface area (TPSA) is 72.2 Å². The zero-order valence-corrected chi connectivity index (χ0v) is 12.2. The molecular formula is C15H18N2O2S. The molecule has 3 N–H and O–H groups in total. The van der Waals surface area contributed by atoms with Crippen molar-refractivity contribution in [2.75, 3.05) is 5.73 Å². The lowest BCUT2D eigenvalue weighted by molar-refractivity contribution is 0.563. The van der Waals surface area contributed by atoms with Gasteiger partial charge >= 0.3 is 0 Å². The summed E-state index contributed by atoms with van der Waals surface area (Å²) >= 11 is 0. The molecule has 0 bridgehead atoms. The summed E-state index contributed by atoms with van der Waals surface area (Å²) in [5.74, 6) is 0. The van der Waals surface area contributed by atoms with Crippen LogP contribution < -0.4 is 10.5 Å². The molecule has 0 saturated carbocycles. The van der Waals surface area contributed by atoms with Crippen molar-refractivity contribution in [3.63, 3.8) is 0 Å². The van der Waals surface area contributed by atoms with E-state index in [1.54, 1.807) is 36.4 Å². The number of hydrogen-bond acceptors (Lipinski definition) is 3. The number of nitrogens with two attached hydrogens (primary N) is 1. The van der Waals surface area contributed by atoms with Crippen LogP contribution >= 0.6 is 0 Å². The molecule has 106 valence electrons. The van der Waals surface area contributed by atoms with Crippen LogP contribution in [0.4, 0.5) is 5.69 Å². The number of anilines is 1. The number of benzene rings is 2. The summed E-state index contributed by atoms with van der Waals surface area (Å²) in [6.45, 7) is 5.42. The lowest BCUT2D eigenvalue weighted by Crippen LogP contribution is -2.32. The van der Waals surface area contributed by atoms with E-state index < -0.39 is 10.0 Å². The Labute approximate surface area is 119 Å². The fraction of sp³-hybridized carbons (Fsp3) is 0.200. The summed E-state index contributed by atoms with van der Waals surface area (Å²) in [5, 5.41) is 1.48. The molecule has 1 unspecified atom stereocenters. The van der Waals surface area contributed by atoms with Crippen molar-refractivity contribution in [2.45, 2.75) is 24.3 Å². The predicted molar refractivity (Wildman–Crippen MR) is 83.0 cm³/mol. The summed E-state index contributed by atoms with van der Waals surface area (Å²) in [5.41, 5.74) is 6.34. The van der Waals surface area contributed by atoms with Crippen LogP contribution in [0.3, 0.4) is 0 Å². The Balaban J connectivity index is 2.49. The molecule has 5 heteroatoms. The monoisotopic (exact) mass is 290 g/mol. The minimum atomic E-state index is -3.56. The summed E-state index contributed by atoms with van der Waals surface area (Å²) < 4.78 is 27.5. The van der Waals surface area contributed by atoms with Crippen molar-refractivity contribution in [1.29, 1.82) is 0 Å². The van der Waals surface area contributed by atoms with Crippen LogP contribution in [0.25, 0.3) is 10.8 Å². The number of rotatable bonds is 5. The Morgan fingerprint density at radius 1 is 1.35 bits per heavy atom. The Hall–Kier alpha value is -1.85. The van der Waals surface area contributed by atoms with Gasteiger partial charge in [0.15, 0.2) is 0 Å². The van der Waals surface area contributed by atoms with Crippen molar-refractivity contribution in [3.05, 3.63) is 49.1 Å². The van der Waals surface area contributed by atoms with Crippen molar-refractivity contribution in [1.82, 2.24) is 4.72 Å². The number of sulfonamides is 1. The average Bonchev–Trinajstić information content (AvgIpc) is 2.37. The molecule has 2 aromatic rings. The third kappa shape index (κ3) is 3.00. The molecule has 0 spiro atoms. The molecule has 1 atom stereocenters. The summed E-state index contributed by atoms with van der Waals surface area (Å²) in [7, 11) is -3.56. The van der Waals surface area contributed by atoms with Crippen LogP contribution in [-0.2, 0) is 10.0 Å². The van der Waals surface area contributed by atoms with Crippen LogP contribution in [0.5, 0.6) is 0 Å². The van der Waals surface area contributed by atoms with Crippen molar-refractivity contribution in [3.8, 4) is 0 Å². The normalized spacial score (nSPS) is 13.2. The highest BCUT2D eigenvalue weighted by atomic mass is 32.2. The Morgan fingerprint density at radius 2 is 2.10 bits per heavy atom. The van der Waals surface area contributed by atoms with Crippen LogP contribution in [0, 0.1) is 0 Å². The maximum atomic E-state index is 12.4. The van der Waals surface area contributed by atoms with Gasteiger partial charge in [0, 0.05) is 17.1 Å². The number of nitrogens with one attached hydrogen (secondary N) is 1. The minimum Gasteiger partial charge on any atom is -0.399 e. The third-order valence-corrected chi connectivity index (χ3v) is 4.68. The summed E-state index contributed by atoms with van der Waals surface area (Å²) in [6.07, 6.45) is 2.27. The molecule has 2 rings (SSSR count). The minimum absolute atomic E-state index is 0.193. The van der Waals surface area contributed by atoms with Gasteiger partial charge in [-0.3, -0.25) is 0 Å². The molecule has 0 aliphatic carbocycles. The van der Waals surface area contributed by atoms with Crippen LogP contribution in [0.1, 0.15) is 13.3 Å². The first-order valence-electron chi connectivity index (χ1n) is 6.35. The molecule has 20 heavy (non-hydrogen) atoms. The molecular weight excluding hydrogens is 272 g/mol. The molecule has 0 heterocycles. The van der Waals surface area contributed by atoms with Gasteiger partial charge < -0.3 is 5.73 Å². The van der Waals surface area contributed by atoms with E-state index >= 15 is 0 Å². The van der Waals surface area contributed by atoms with Crippen molar-refractivity contribution >= 4 is 26.5 Å². The van der Waals surface area contributed by atoms with Gasteiger partial charge in [-0.2, -0.15) is 0 Å². The van der Waals surface area contributed by atoms with Crippen LogP contribution in [0.15, 0.2) is 53.9 Å². The van der Waals surface area contributed by atoms with E-state index in [1.165, 1.54) is 0 Å². The first kappa shape index (κ1) is 14.6. The maximum Gasteiger partial charge on any atom is 0.241 e. The lowest BCUT2D eigenvalue weighted by Gasteiger charge is -2.14. The maximum absolute atomic E-state index is 12.4. The molecule has 0 fully saturated rings. The standard InChI is InChI=1S/C15H18N2O2S/c1-3-5-11(2)17-20(18,19)15-7-4-6-12-10-13(16)8-9-14(12)15/h3-4,6-11,17H,1,5,16H2,2H3. The van der Waals surface area contributed by atoms with E-state index in [-0.39, 0.29) is 10.9 Å². The molecule has 0 radical (unpaired) electrons. The van der Waals surface area contributed by atoms with Crippen molar-refractivity contribution < 1.29 is 8.42 Å². The van der Waals surface area contributed by atoms with Gasteiger partial charge in [-0.25, -0.2) is 13.1 Å². The number of fused-ring (bicyclic) bond motifs is 1. The molecule has 0 aliphatic rings. The van der Waals surface area contributed by atoms with E-state index in [2.05, 4.69) is 11.3 Å². The molecule has 2 aromatic carbocycles. The first-order chi connectivity index (χ1) is 9.44. The fourth-order valence-electron chi connectivity index (χ4n) is 2.13. The zero-order chi connectivity index (χ0) is 14.8. The largest absolute Gasteiger partial charge is 0.399 e. The van der Waals surface area contributed by atoms with E-state index in [9.17, 15) is 8.42 Å². The quantitative estimate of drug-likeness (QED) is 0.657. The van der Waals surface area contributed by atoms with Gasteiger partial charge in [0.2, 0.25) is 10.0 Å². The van der Waals surface area contributed by atoms with Gasteiger partial charge in [-0.15, -0.1) is 6.58 Å². The molecule has 4 nitrogen and oxygen atoms in total. The van der Waals surface area contributed by atoms with Gasteiger partial charge in [0.25, 0.3) is 0 Å². The molecule has 0 amide bonds. The van der Waals surface area contributed by atoms with E-state index in [4.69, 9.17) is 5.73 Å². The highest BCUT2D eigenvalue weighted by Crippen LogP contribution is 2.25. The number of hydrogen-bond donors (Lipinski definition) is 2. The van der Waals surface area contributed by atoms with Gasteiger partial charge in [-0.1, -0.05) is 24.3 Å². The van der Waals surface area contributed by atoms with E-state index in [0.29, 0.717) is 17.5 Å². The second-order valence-electron chi connectivity index (χ2n) is 4.78. The van der Waals surface area contributed by atoms with E-state index in [0.717, 1.165) is 5.39 Å². The zero-order valence-electron chi connectivity index (χ0n) is 11.3. The van der Waals surface area contributed by atoms with Gasteiger partial charge in [-0.05, 0) is 36.9 Å². The highest BCUT2D eigenvalue weighted by Gasteiger charge is 2.19. The summed E-state index contributed by atoms with van der Waals surface area (Å²) in [4.78, 5) is 0.269. The van der Waals surface area contributed by atoms with Gasteiger partial charge in [0.05, 0.1) is 4.90 Å². The molecule has 0 saturated heterocycles. The number of nitrogen functional groups attached to an aromatic ring is 1. The Kier molecular flexibility index (Phi) is 4.11. The summed E-state index contributed by atoms with van der Waals surface area (Å²) in [6, 6.07) is 10.2. The fourth-order valence-corrected chi connectivity index (χ4v) is 3.62. The Morgan fingerprint density at radius 3 is 2.80 bits per heavy atom. The first-order valence-corrected chi connectivity index (χ1v) is 7.84. The predicted octanol–water partition coefficient (Wildman–Crippen LogP) is 2.66. The average molecular weight is 290 g/mol. The third-order valence-electron chi connectivity index (χ3n) is 3.03. The van der Waals surface area contributed by atoms with Crippen LogP contribution in [0.2, 0.25) is 0 Å². The second kappa shape index (κ2) is 5.64. The van der Waals surface area contributed by atoms with Gasteiger partial charge in [0.1, 0.15) is 0 Å². The lowest BCUT2D eigenvalue weighted by atomic mass is 10.1. The highest BCUT2D eigenvalue weighted by molar-refractivity contribution is 7.89. The molecule has 0 aromatic heterocycles. The smallest absolute Gasteiger partial charge is 0.241 e. The SMILES string of the molecule is C=CCC(C)NS(=O)(=O)c1cccc2cc(N)ccc12. The van der Waals surface area contributed by atoms with E-state index in [1.807, 2.05) is 13.0 Å².